The molecule has 0 fully saturated rings. The number of anilines is 1. The van der Waals surface area contributed by atoms with Crippen LogP contribution in [-0.2, 0) is 4.79 Å². The van der Waals surface area contributed by atoms with E-state index in [1.165, 1.54) is 0 Å². The van der Waals surface area contributed by atoms with Crippen LogP contribution in [0.25, 0.3) is 0 Å². The molecule has 1 unspecified atom stereocenters. The summed E-state index contributed by atoms with van der Waals surface area (Å²) < 4.78 is 5.57. The quantitative estimate of drug-likeness (QED) is 0.605. The third kappa shape index (κ3) is 2.78. The summed E-state index contributed by atoms with van der Waals surface area (Å²) >= 11 is 0. The van der Waals surface area contributed by atoms with Crippen molar-refractivity contribution in [2.75, 3.05) is 11.4 Å². The van der Waals surface area contributed by atoms with Crippen LogP contribution in [0.15, 0.2) is 18.2 Å². The van der Waals surface area contributed by atoms with Crippen LogP contribution in [0.1, 0.15) is 43.5 Å². The van der Waals surface area contributed by atoms with Crippen LogP contribution < -0.4 is 9.64 Å². The predicted molar refractivity (Wildman–Crippen MR) is 73.8 cm³/mol. The number of ether oxygens (including phenoxy) is 1. The van der Waals surface area contributed by atoms with Gasteiger partial charge < -0.3 is 9.64 Å². The number of amides is 1. The first-order valence-corrected chi connectivity index (χ1v) is 6.74. The number of carbonyl (C=O) groups excluding carboxylic acids is 2. The molecule has 4 heteroatoms. The fraction of sp³-hybridized carbons (Fsp3) is 0.467. The Balaban J connectivity index is 2.30. The van der Waals surface area contributed by atoms with Crippen molar-refractivity contribution in [1.82, 2.24) is 0 Å². The molecule has 1 atom stereocenters. The van der Waals surface area contributed by atoms with Crippen LogP contribution >= 0.6 is 0 Å². The Kier molecular flexibility index (Phi) is 4.20. The van der Waals surface area contributed by atoms with Gasteiger partial charge in [-0.3, -0.25) is 9.59 Å². The first-order valence-electron chi connectivity index (χ1n) is 6.74. The molecule has 1 aromatic carbocycles. The van der Waals surface area contributed by atoms with Crippen molar-refractivity contribution >= 4 is 17.9 Å². The second kappa shape index (κ2) is 5.87. The number of aldehydes is 1. The fourth-order valence-electron chi connectivity index (χ4n) is 2.25. The van der Waals surface area contributed by atoms with Crippen molar-refractivity contribution in [2.24, 2.45) is 0 Å². The van der Waals surface area contributed by atoms with Gasteiger partial charge in [0.25, 0.3) is 5.91 Å². The SMILES string of the molecule is CCCCCN1C(=O)C(C)Oc2ccc(C=O)cc21. The number of carbonyl (C=O) groups is 2. The number of fused-ring (bicyclic) bond motifs is 1. The molecule has 1 aromatic rings. The summed E-state index contributed by atoms with van der Waals surface area (Å²) in [6.07, 6.45) is 3.47. The maximum Gasteiger partial charge on any atom is 0.267 e. The van der Waals surface area contributed by atoms with Gasteiger partial charge in [-0.15, -0.1) is 0 Å². The molecule has 0 saturated carbocycles. The molecule has 0 N–H and O–H groups in total. The molecule has 2 rings (SSSR count). The lowest BCUT2D eigenvalue weighted by Crippen LogP contribution is -2.44. The first-order chi connectivity index (χ1) is 9.17. The van der Waals surface area contributed by atoms with E-state index in [4.69, 9.17) is 4.74 Å². The molecule has 19 heavy (non-hydrogen) atoms. The van der Waals surface area contributed by atoms with E-state index in [0.29, 0.717) is 23.5 Å². The van der Waals surface area contributed by atoms with Crippen LogP contribution in [-0.4, -0.2) is 24.8 Å². The molecule has 0 spiro atoms. The van der Waals surface area contributed by atoms with E-state index < -0.39 is 6.10 Å². The topological polar surface area (TPSA) is 46.6 Å². The zero-order valence-corrected chi connectivity index (χ0v) is 11.4. The Morgan fingerprint density at radius 3 is 2.84 bits per heavy atom. The summed E-state index contributed by atoms with van der Waals surface area (Å²) in [7, 11) is 0. The van der Waals surface area contributed by atoms with E-state index in [1.54, 1.807) is 30.0 Å². The number of unbranched alkanes of at least 4 members (excludes halogenated alkanes) is 2. The number of hydrogen-bond donors (Lipinski definition) is 0. The minimum atomic E-state index is -0.462. The van der Waals surface area contributed by atoms with Crippen molar-refractivity contribution < 1.29 is 14.3 Å². The van der Waals surface area contributed by atoms with Gasteiger partial charge >= 0.3 is 0 Å². The summed E-state index contributed by atoms with van der Waals surface area (Å²) in [5, 5.41) is 0. The highest BCUT2D eigenvalue weighted by Crippen LogP contribution is 2.34. The van der Waals surface area contributed by atoms with E-state index in [1.807, 2.05) is 0 Å². The van der Waals surface area contributed by atoms with Gasteiger partial charge in [0.1, 0.15) is 12.0 Å². The number of nitrogens with zero attached hydrogens (tertiary/aromatic N) is 1. The maximum absolute atomic E-state index is 12.2. The fourth-order valence-corrected chi connectivity index (χ4v) is 2.25. The minimum absolute atomic E-state index is 0.0355. The molecule has 1 aliphatic rings. The lowest BCUT2D eigenvalue weighted by molar-refractivity contribution is -0.125. The van der Waals surface area contributed by atoms with Crippen LogP contribution in [0.4, 0.5) is 5.69 Å². The molecular formula is C15H19NO3. The molecule has 0 aromatic heterocycles. The zero-order valence-electron chi connectivity index (χ0n) is 11.4. The predicted octanol–water partition coefficient (Wildman–Crippen LogP) is 2.80. The normalized spacial score (nSPS) is 17.9. The minimum Gasteiger partial charge on any atom is -0.479 e. The lowest BCUT2D eigenvalue weighted by atomic mass is 10.1. The molecule has 1 aliphatic heterocycles. The summed E-state index contributed by atoms with van der Waals surface area (Å²) in [5.74, 6) is 0.640. The van der Waals surface area contributed by atoms with Gasteiger partial charge in [0, 0.05) is 12.1 Å². The molecule has 102 valence electrons. The lowest BCUT2D eigenvalue weighted by Gasteiger charge is -2.33. The van der Waals surface area contributed by atoms with E-state index in [2.05, 4.69) is 6.92 Å². The molecule has 0 aliphatic carbocycles. The van der Waals surface area contributed by atoms with E-state index >= 15 is 0 Å². The molecule has 0 radical (unpaired) electrons. The van der Waals surface area contributed by atoms with Crippen molar-refractivity contribution in [3.05, 3.63) is 23.8 Å². The highest BCUT2D eigenvalue weighted by molar-refractivity contribution is 6.00. The van der Waals surface area contributed by atoms with Crippen LogP contribution in [0, 0.1) is 0 Å². The van der Waals surface area contributed by atoms with E-state index in [9.17, 15) is 9.59 Å². The third-order valence-electron chi connectivity index (χ3n) is 3.31. The molecule has 1 heterocycles. The van der Waals surface area contributed by atoms with Gasteiger partial charge in [-0.25, -0.2) is 0 Å². The van der Waals surface area contributed by atoms with Crippen LogP contribution in [0.5, 0.6) is 5.75 Å². The van der Waals surface area contributed by atoms with Gasteiger partial charge in [0.05, 0.1) is 5.69 Å². The molecule has 4 nitrogen and oxygen atoms in total. The number of benzene rings is 1. The molecule has 0 saturated heterocycles. The van der Waals surface area contributed by atoms with Crippen LogP contribution in [0.2, 0.25) is 0 Å². The highest BCUT2D eigenvalue weighted by atomic mass is 16.5. The van der Waals surface area contributed by atoms with Crippen LogP contribution in [0.3, 0.4) is 0 Å². The van der Waals surface area contributed by atoms with E-state index in [-0.39, 0.29) is 5.91 Å². The molecule has 0 bridgehead atoms. The first kappa shape index (κ1) is 13.6. The van der Waals surface area contributed by atoms with Gasteiger partial charge in [0.2, 0.25) is 0 Å². The maximum atomic E-state index is 12.2. The smallest absolute Gasteiger partial charge is 0.267 e. The summed E-state index contributed by atoms with van der Waals surface area (Å²) in [6, 6.07) is 5.19. The highest BCUT2D eigenvalue weighted by Gasteiger charge is 2.31. The average Bonchev–Trinajstić information content (AvgIpc) is 2.43. The van der Waals surface area contributed by atoms with E-state index in [0.717, 1.165) is 25.5 Å². The monoisotopic (exact) mass is 261 g/mol. The third-order valence-corrected chi connectivity index (χ3v) is 3.31. The standard InChI is InChI=1S/C15H19NO3/c1-3-4-5-8-16-13-9-12(10-17)6-7-14(13)19-11(2)15(16)18/h6-7,9-11H,3-5,8H2,1-2H3. The average molecular weight is 261 g/mol. The summed E-state index contributed by atoms with van der Waals surface area (Å²) in [4.78, 5) is 24.8. The van der Waals surface area contributed by atoms with Crippen molar-refractivity contribution in [1.29, 1.82) is 0 Å². The molecule has 1 amide bonds. The van der Waals surface area contributed by atoms with Gasteiger partial charge in [0.15, 0.2) is 6.10 Å². The van der Waals surface area contributed by atoms with Gasteiger partial charge in [-0.1, -0.05) is 19.8 Å². The Labute approximate surface area is 113 Å². The second-order valence-electron chi connectivity index (χ2n) is 4.80. The summed E-state index contributed by atoms with van der Waals surface area (Å²) in [5.41, 5.74) is 1.27. The number of rotatable bonds is 5. The second-order valence-corrected chi connectivity index (χ2v) is 4.80. The van der Waals surface area contributed by atoms with Crippen molar-refractivity contribution in [3.8, 4) is 5.75 Å². The number of hydrogen-bond acceptors (Lipinski definition) is 3. The summed E-state index contributed by atoms with van der Waals surface area (Å²) in [6.45, 7) is 4.56. The zero-order chi connectivity index (χ0) is 13.8. The van der Waals surface area contributed by atoms with Gasteiger partial charge in [-0.2, -0.15) is 0 Å². The largest absolute Gasteiger partial charge is 0.479 e. The Morgan fingerprint density at radius 1 is 1.37 bits per heavy atom. The Bertz CT molecular complexity index is 484. The van der Waals surface area contributed by atoms with Crippen molar-refractivity contribution in [2.45, 2.75) is 39.2 Å². The van der Waals surface area contributed by atoms with Gasteiger partial charge in [-0.05, 0) is 31.5 Å². The molecular weight excluding hydrogens is 242 g/mol. The van der Waals surface area contributed by atoms with Crippen molar-refractivity contribution in [3.63, 3.8) is 0 Å². The Hall–Kier alpha value is -1.84. The Morgan fingerprint density at radius 2 is 2.16 bits per heavy atom.